The number of alkyl halides is 1. The van der Waals surface area contributed by atoms with Crippen LogP contribution in [0.25, 0.3) is 39.1 Å². The Labute approximate surface area is 254 Å². The van der Waals surface area contributed by atoms with Gasteiger partial charge in [-0.25, -0.2) is 8.78 Å². The number of anilines is 1. The van der Waals surface area contributed by atoms with E-state index in [1.165, 1.54) is 0 Å². The number of nitrogens with zero attached hydrogens (tertiary/aromatic N) is 6. The summed E-state index contributed by atoms with van der Waals surface area (Å²) < 4.78 is 43.2. The molecular formula is C32H37F2N7O3. The number of rotatable bonds is 6. The van der Waals surface area contributed by atoms with Gasteiger partial charge in [0.25, 0.3) is 0 Å². The molecule has 4 aromatic rings. The lowest BCUT2D eigenvalue weighted by molar-refractivity contribution is -0.0123. The number of H-pyrrole nitrogens is 1. The van der Waals surface area contributed by atoms with Crippen molar-refractivity contribution in [1.82, 2.24) is 30.0 Å². The fraction of sp³-hybridized carbons (Fsp3) is 0.500. The predicted octanol–water partition coefficient (Wildman–Crippen LogP) is 4.59. The Kier molecular flexibility index (Phi) is 7.25. The molecule has 0 radical (unpaired) electrons. The lowest BCUT2D eigenvalue weighted by Crippen LogP contribution is -2.44. The summed E-state index contributed by atoms with van der Waals surface area (Å²) in [7, 11) is 0. The van der Waals surface area contributed by atoms with Crippen LogP contribution in [0.15, 0.2) is 24.5 Å². The average Bonchev–Trinajstić information content (AvgIpc) is 3.64. The number of ether oxygens (including phenoxy) is 2. The van der Waals surface area contributed by atoms with Crippen LogP contribution >= 0.6 is 0 Å². The zero-order chi connectivity index (χ0) is 30.6. The summed E-state index contributed by atoms with van der Waals surface area (Å²) >= 11 is 0. The van der Waals surface area contributed by atoms with Gasteiger partial charge in [0.2, 0.25) is 0 Å². The minimum Gasteiger partial charge on any atom is -0.461 e. The van der Waals surface area contributed by atoms with Crippen molar-refractivity contribution in [3.8, 4) is 17.3 Å². The van der Waals surface area contributed by atoms with Gasteiger partial charge in [-0.2, -0.15) is 15.1 Å². The monoisotopic (exact) mass is 605 g/mol. The second kappa shape index (κ2) is 11.0. The second-order valence-electron chi connectivity index (χ2n) is 12.7. The van der Waals surface area contributed by atoms with Crippen LogP contribution in [0, 0.1) is 12.7 Å². The van der Waals surface area contributed by atoms with Crippen molar-refractivity contribution < 1.29 is 23.4 Å². The number of nitrogens with one attached hydrogen (secondary N) is 1. The fourth-order valence-electron chi connectivity index (χ4n) is 7.21. The van der Waals surface area contributed by atoms with Gasteiger partial charge in [0.05, 0.1) is 42.4 Å². The summed E-state index contributed by atoms with van der Waals surface area (Å²) in [5.41, 5.74) is 1.78. The van der Waals surface area contributed by atoms with Gasteiger partial charge in [0.1, 0.15) is 35.4 Å². The van der Waals surface area contributed by atoms with E-state index in [0.717, 1.165) is 41.4 Å². The SMILES string of the molecule is C/C=C\c1c(C)cc2[nH]ncc2c1-c1ncc2c(N3CCOC[C@@](C)(O)C3)nc(OC[C@@]34CCCN3C[C@H](F)C4)nc2c1F. The van der Waals surface area contributed by atoms with E-state index in [9.17, 15) is 9.50 Å². The summed E-state index contributed by atoms with van der Waals surface area (Å²) in [5.74, 6) is -0.214. The van der Waals surface area contributed by atoms with Gasteiger partial charge in [-0.05, 0) is 57.4 Å². The van der Waals surface area contributed by atoms with Gasteiger partial charge in [-0.3, -0.25) is 15.0 Å². The molecule has 0 unspecified atom stereocenters. The van der Waals surface area contributed by atoms with Gasteiger partial charge in [0, 0.05) is 36.7 Å². The summed E-state index contributed by atoms with van der Waals surface area (Å²) in [5, 5.41) is 19.3. The Bertz CT molecular complexity index is 1760. The van der Waals surface area contributed by atoms with E-state index in [1.807, 2.05) is 37.0 Å². The van der Waals surface area contributed by atoms with E-state index in [0.29, 0.717) is 42.9 Å². The standard InChI is InChI=1S/C32H37F2N7O3/c1-4-6-21-19(2)11-24-22(14-36-39-24)25(21)28-26(34)27-23(13-35-28)29(40-9-10-43-17-31(3,42)16-40)38-30(37-27)44-18-32-7-5-8-41(32)15-20(33)12-32/h4,6,11,13-14,20,42H,5,7-10,12,15-18H2,1-3H3,(H,36,39)/b6-4-/t20-,31+,32+/m1/s1. The normalized spacial score (nSPS) is 26.2. The number of aryl methyl sites for hydroxylation is 1. The third-order valence-electron chi connectivity index (χ3n) is 9.19. The molecule has 1 aromatic carbocycles. The Balaban J connectivity index is 1.39. The smallest absolute Gasteiger partial charge is 0.319 e. The molecule has 44 heavy (non-hydrogen) atoms. The number of allylic oxidation sites excluding steroid dienone is 1. The van der Waals surface area contributed by atoms with Crippen LogP contribution in [-0.4, -0.2) is 98.5 Å². The fourth-order valence-corrected chi connectivity index (χ4v) is 7.21. The van der Waals surface area contributed by atoms with Crippen LogP contribution in [0.1, 0.15) is 44.2 Å². The van der Waals surface area contributed by atoms with Crippen LogP contribution in [-0.2, 0) is 4.74 Å². The highest BCUT2D eigenvalue weighted by molar-refractivity contribution is 6.01. The summed E-state index contributed by atoms with van der Waals surface area (Å²) in [6.45, 7) is 8.16. The third kappa shape index (κ3) is 4.98. The third-order valence-corrected chi connectivity index (χ3v) is 9.19. The van der Waals surface area contributed by atoms with Crippen LogP contribution in [0.3, 0.4) is 0 Å². The Morgan fingerprint density at radius 2 is 2.11 bits per heavy atom. The molecule has 6 heterocycles. The zero-order valence-electron chi connectivity index (χ0n) is 25.2. The van der Waals surface area contributed by atoms with Crippen molar-refractivity contribution in [2.75, 3.05) is 50.9 Å². The Morgan fingerprint density at radius 3 is 2.95 bits per heavy atom. The molecule has 7 rings (SSSR count). The number of benzene rings is 1. The number of hydrogen-bond donors (Lipinski definition) is 2. The quantitative estimate of drug-likeness (QED) is 0.326. The molecule has 12 heteroatoms. The van der Waals surface area contributed by atoms with Gasteiger partial charge in [-0.15, -0.1) is 0 Å². The number of halogens is 2. The van der Waals surface area contributed by atoms with Crippen LogP contribution in [0.2, 0.25) is 0 Å². The largest absolute Gasteiger partial charge is 0.461 e. The predicted molar refractivity (Wildman–Crippen MR) is 164 cm³/mol. The minimum atomic E-state index is -1.15. The number of hydrogen-bond acceptors (Lipinski definition) is 9. The van der Waals surface area contributed by atoms with E-state index in [2.05, 4.69) is 25.1 Å². The van der Waals surface area contributed by atoms with Gasteiger partial charge >= 0.3 is 6.01 Å². The summed E-state index contributed by atoms with van der Waals surface area (Å²) in [4.78, 5) is 18.0. The highest BCUT2D eigenvalue weighted by Gasteiger charge is 2.49. The molecule has 3 aliphatic heterocycles. The molecule has 3 fully saturated rings. The lowest BCUT2D eigenvalue weighted by atomic mass is 9.94. The zero-order valence-corrected chi connectivity index (χ0v) is 25.2. The number of aromatic nitrogens is 5. The first kappa shape index (κ1) is 29.0. The first-order valence-electron chi connectivity index (χ1n) is 15.2. The lowest BCUT2D eigenvalue weighted by Gasteiger charge is -2.31. The molecule has 3 aliphatic rings. The van der Waals surface area contributed by atoms with Crippen molar-refractivity contribution in [3.05, 3.63) is 41.5 Å². The number of aromatic amines is 1. The number of fused-ring (bicyclic) bond motifs is 3. The maximum Gasteiger partial charge on any atom is 0.319 e. The molecular weight excluding hydrogens is 568 g/mol. The first-order chi connectivity index (χ1) is 21.2. The molecule has 2 N–H and O–H groups in total. The maximum absolute atomic E-state index is 16.9. The molecule has 3 saturated heterocycles. The molecule has 0 bridgehead atoms. The van der Waals surface area contributed by atoms with Gasteiger partial charge < -0.3 is 19.5 Å². The maximum atomic E-state index is 16.9. The topological polar surface area (TPSA) is 113 Å². The Hall–Kier alpha value is -3.74. The molecule has 10 nitrogen and oxygen atoms in total. The molecule has 0 saturated carbocycles. The van der Waals surface area contributed by atoms with Crippen LogP contribution < -0.4 is 9.64 Å². The number of pyridine rings is 1. The molecule has 232 valence electrons. The highest BCUT2D eigenvalue weighted by atomic mass is 19.1. The average molecular weight is 606 g/mol. The van der Waals surface area contributed by atoms with Gasteiger partial charge in [-0.1, -0.05) is 12.2 Å². The van der Waals surface area contributed by atoms with E-state index in [1.54, 1.807) is 19.3 Å². The molecule has 0 amide bonds. The van der Waals surface area contributed by atoms with Crippen molar-refractivity contribution in [2.24, 2.45) is 0 Å². The van der Waals surface area contributed by atoms with Crippen molar-refractivity contribution in [3.63, 3.8) is 0 Å². The van der Waals surface area contributed by atoms with Crippen molar-refractivity contribution in [2.45, 2.75) is 57.3 Å². The Morgan fingerprint density at radius 1 is 1.25 bits per heavy atom. The van der Waals surface area contributed by atoms with Gasteiger partial charge in [0.15, 0.2) is 5.82 Å². The summed E-state index contributed by atoms with van der Waals surface area (Å²) in [6.07, 6.45) is 8.39. The van der Waals surface area contributed by atoms with Crippen LogP contribution in [0.5, 0.6) is 6.01 Å². The molecule has 0 aliphatic carbocycles. The van der Waals surface area contributed by atoms with E-state index in [4.69, 9.17) is 14.5 Å². The van der Waals surface area contributed by atoms with E-state index in [-0.39, 0.29) is 37.0 Å². The second-order valence-corrected chi connectivity index (χ2v) is 12.7. The molecule has 3 aromatic heterocycles. The number of aliphatic hydroxyl groups is 1. The summed E-state index contributed by atoms with van der Waals surface area (Å²) in [6, 6.07) is 1.99. The minimum absolute atomic E-state index is 0.00303. The van der Waals surface area contributed by atoms with Crippen molar-refractivity contribution in [1.29, 1.82) is 0 Å². The highest BCUT2D eigenvalue weighted by Crippen LogP contribution is 2.41. The van der Waals surface area contributed by atoms with E-state index < -0.39 is 23.1 Å². The number of β-amino-alcohol motifs (C(OH)–C–C–N with tert-alkyl or cyclic N) is 1. The van der Waals surface area contributed by atoms with Crippen LogP contribution in [0.4, 0.5) is 14.6 Å². The molecule has 0 spiro atoms. The van der Waals surface area contributed by atoms with Crippen molar-refractivity contribution >= 4 is 33.7 Å². The molecule has 3 atom stereocenters. The first-order valence-corrected chi connectivity index (χ1v) is 15.2. The van der Waals surface area contributed by atoms with E-state index >= 15 is 4.39 Å².